The van der Waals surface area contributed by atoms with E-state index in [1.807, 2.05) is 19.9 Å². The van der Waals surface area contributed by atoms with Gasteiger partial charge in [0, 0.05) is 54.7 Å². The third-order valence-electron chi connectivity index (χ3n) is 6.54. The number of nitrogens with one attached hydrogen (secondary N) is 2. The number of amides is 3. The van der Waals surface area contributed by atoms with Crippen molar-refractivity contribution in [3.05, 3.63) is 42.0 Å². The molecule has 220 valence electrons. The van der Waals surface area contributed by atoms with Crippen molar-refractivity contribution < 1.29 is 37.1 Å². The SMILES string of the molecule is Cn1cc2cc(NC(=O)N3CCc4c(N5CC(C)(C)NC(C)(C)C5=O)ccnc43)cc(F)c2n1.O=C(O)C(F)(F)F. The Bertz CT molecular complexity index is 1530. The zero-order valence-electron chi connectivity index (χ0n) is 22.9. The van der Waals surface area contributed by atoms with Gasteiger partial charge in [-0.25, -0.2) is 19.0 Å². The smallest absolute Gasteiger partial charge is 0.475 e. The van der Waals surface area contributed by atoms with Crippen molar-refractivity contribution in [3.8, 4) is 0 Å². The molecule has 0 saturated carbocycles. The molecule has 0 aliphatic carbocycles. The van der Waals surface area contributed by atoms with Gasteiger partial charge in [0.05, 0.1) is 11.2 Å². The lowest BCUT2D eigenvalue weighted by molar-refractivity contribution is -0.192. The summed E-state index contributed by atoms with van der Waals surface area (Å²) in [5, 5.41) is 18.0. The Balaban J connectivity index is 0.000000493. The van der Waals surface area contributed by atoms with Crippen molar-refractivity contribution in [2.45, 2.75) is 51.4 Å². The maximum Gasteiger partial charge on any atom is 0.490 e. The number of aromatic nitrogens is 3. The van der Waals surface area contributed by atoms with Crippen molar-refractivity contribution in [1.29, 1.82) is 0 Å². The summed E-state index contributed by atoms with van der Waals surface area (Å²) in [4.78, 5) is 43.0. The van der Waals surface area contributed by atoms with Crippen LogP contribution in [0.1, 0.15) is 33.3 Å². The van der Waals surface area contributed by atoms with Gasteiger partial charge in [-0.2, -0.15) is 18.3 Å². The number of rotatable bonds is 2. The van der Waals surface area contributed by atoms with E-state index in [0.717, 1.165) is 11.3 Å². The fourth-order valence-corrected chi connectivity index (χ4v) is 5.14. The van der Waals surface area contributed by atoms with Crippen LogP contribution in [-0.4, -0.2) is 68.1 Å². The minimum absolute atomic E-state index is 0.0247. The second-order valence-electron chi connectivity index (χ2n) is 11.0. The van der Waals surface area contributed by atoms with Gasteiger partial charge >= 0.3 is 18.2 Å². The topological polar surface area (TPSA) is 133 Å². The summed E-state index contributed by atoms with van der Waals surface area (Å²) in [6, 6.07) is 4.38. The Hall–Kier alpha value is -4.27. The molecule has 0 spiro atoms. The van der Waals surface area contributed by atoms with E-state index in [2.05, 4.69) is 34.6 Å². The molecule has 5 rings (SSSR count). The van der Waals surface area contributed by atoms with Gasteiger partial charge in [0.1, 0.15) is 11.3 Å². The number of halogens is 4. The number of carboxylic acid groups (broad SMARTS) is 1. The number of aliphatic carboxylic acids is 1. The number of hydrogen-bond acceptors (Lipinski definition) is 6. The monoisotopic (exact) mass is 579 g/mol. The first-order valence-electron chi connectivity index (χ1n) is 12.5. The molecule has 1 aromatic carbocycles. The molecule has 0 unspecified atom stereocenters. The van der Waals surface area contributed by atoms with Gasteiger partial charge in [0.2, 0.25) is 5.91 Å². The third kappa shape index (κ3) is 6.09. The molecule has 0 atom stereocenters. The van der Waals surface area contributed by atoms with Crippen molar-refractivity contribution in [3.63, 3.8) is 0 Å². The minimum Gasteiger partial charge on any atom is -0.475 e. The molecule has 11 nitrogen and oxygen atoms in total. The number of piperazine rings is 1. The predicted octanol–water partition coefficient (Wildman–Crippen LogP) is 3.83. The number of hydrogen-bond donors (Lipinski definition) is 3. The number of nitrogens with zero attached hydrogens (tertiary/aromatic N) is 5. The van der Waals surface area contributed by atoms with E-state index >= 15 is 0 Å². The van der Waals surface area contributed by atoms with Crippen LogP contribution in [0.2, 0.25) is 0 Å². The van der Waals surface area contributed by atoms with E-state index in [9.17, 15) is 27.2 Å². The number of urea groups is 1. The molecule has 1 saturated heterocycles. The number of alkyl halides is 3. The average Bonchev–Trinajstić information content (AvgIpc) is 3.44. The molecule has 2 aliphatic heterocycles. The fraction of sp³-hybridized carbons (Fsp3) is 0.423. The van der Waals surface area contributed by atoms with E-state index in [0.29, 0.717) is 36.4 Å². The average molecular weight is 580 g/mol. The Morgan fingerprint density at radius 3 is 2.46 bits per heavy atom. The highest BCUT2D eigenvalue weighted by atomic mass is 19.4. The molecule has 41 heavy (non-hydrogen) atoms. The lowest BCUT2D eigenvalue weighted by Crippen LogP contribution is -2.70. The molecule has 3 aromatic rings. The highest BCUT2D eigenvalue weighted by Gasteiger charge is 2.45. The first-order valence-corrected chi connectivity index (χ1v) is 12.5. The van der Waals surface area contributed by atoms with Gasteiger partial charge < -0.3 is 15.3 Å². The summed E-state index contributed by atoms with van der Waals surface area (Å²) in [6.07, 6.45) is -1.20. The molecule has 2 aliphatic rings. The van der Waals surface area contributed by atoms with Gasteiger partial charge in [0.25, 0.3) is 0 Å². The van der Waals surface area contributed by atoms with Crippen molar-refractivity contribution in [1.82, 2.24) is 20.1 Å². The summed E-state index contributed by atoms with van der Waals surface area (Å²) < 4.78 is 47.7. The standard InChI is InChI=1S/C24H28FN7O2.C2HF3O2/c1-23(2)13-32(21(33)24(3,4)29-23)18-6-8-26-20-16(18)7-9-31(20)22(34)27-15-10-14-12-30(5)28-19(14)17(25)11-15;3-2(4,5)1(6)7/h6,8,10-12,29H,7,9,13H2,1-5H3,(H,27,34);(H,6,7). The van der Waals surface area contributed by atoms with E-state index in [4.69, 9.17) is 9.90 Å². The number of anilines is 3. The highest BCUT2D eigenvalue weighted by Crippen LogP contribution is 2.37. The fourth-order valence-electron chi connectivity index (χ4n) is 5.14. The number of aryl methyl sites for hydroxylation is 1. The van der Waals surface area contributed by atoms with Crippen molar-refractivity contribution >= 4 is 46.0 Å². The van der Waals surface area contributed by atoms with Crippen LogP contribution in [-0.2, 0) is 23.1 Å². The second kappa shape index (κ2) is 10.3. The molecule has 2 aromatic heterocycles. The van der Waals surface area contributed by atoms with Crippen LogP contribution in [0.25, 0.3) is 10.9 Å². The quantitative estimate of drug-likeness (QED) is 0.393. The summed E-state index contributed by atoms with van der Waals surface area (Å²) in [5.41, 5.74) is 1.23. The van der Waals surface area contributed by atoms with Gasteiger partial charge in [-0.1, -0.05) is 0 Å². The summed E-state index contributed by atoms with van der Waals surface area (Å²) >= 11 is 0. The molecular formula is C26H29F4N7O4. The van der Waals surface area contributed by atoms with Crippen LogP contribution in [0, 0.1) is 5.82 Å². The summed E-state index contributed by atoms with van der Waals surface area (Å²) in [6.45, 7) is 8.80. The largest absolute Gasteiger partial charge is 0.490 e. The van der Waals surface area contributed by atoms with Gasteiger partial charge in [0.15, 0.2) is 5.82 Å². The molecule has 15 heteroatoms. The molecule has 4 heterocycles. The Morgan fingerprint density at radius 1 is 1.17 bits per heavy atom. The number of carbonyl (C=O) groups excluding carboxylic acids is 2. The normalized spacial score (nSPS) is 17.6. The molecular weight excluding hydrogens is 550 g/mol. The second-order valence-corrected chi connectivity index (χ2v) is 11.0. The highest BCUT2D eigenvalue weighted by molar-refractivity contribution is 6.06. The van der Waals surface area contributed by atoms with Crippen molar-refractivity contribution in [2.75, 3.05) is 28.2 Å². The van der Waals surface area contributed by atoms with Crippen LogP contribution in [0.4, 0.5) is 39.5 Å². The van der Waals surface area contributed by atoms with Crippen LogP contribution < -0.4 is 20.4 Å². The van der Waals surface area contributed by atoms with Gasteiger partial charge in [-0.3, -0.25) is 19.7 Å². The Kier molecular flexibility index (Phi) is 7.45. The molecule has 1 fully saturated rings. The third-order valence-corrected chi connectivity index (χ3v) is 6.54. The number of pyridine rings is 1. The number of fused-ring (bicyclic) bond motifs is 2. The van der Waals surface area contributed by atoms with Crippen molar-refractivity contribution in [2.24, 2.45) is 7.05 Å². The molecule has 0 radical (unpaired) electrons. The maximum absolute atomic E-state index is 14.5. The van der Waals surface area contributed by atoms with E-state index in [1.165, 1.54) is 15.6 Å². The summed E-state index contributed by atoms with van der Waals surface area (Å²) in [7, 11) is 1.72. The first kappa shape index (κ1) is 29.7. The first-order chi connectivity index (χ1) is 18.9. The number of carbonyl (C=O) groups is 3. The zero-order chi connectivity index (χ0) is 30.5. The minimum atomic E-state index is -5.08. The van der Waals surface area contributed by atoms with Crippen LogP contribution >= 0.6 is 0 Å². The molecule has 3 amide bonds. The van der Waals surface area contributed by atoms with Crippen LogP contribution in [0.15, 0.2) is 30.6 Å². The molecule has 3 N–H and O–H groups in total. The number of benzene rings is 1. The zero-order valence-corrected chi connectivity index (χ0v) is 22.9. The van der Waals surface area contributed by atoms with E-state index < -0.39 is 29.5 Å². The Labute approximate surface area is 232 Å². The van der Waals surface area contributed by atoms with Gasteiger partial charge in [-0.15, -0.1) is 0 Å². The van der Waals surface area contributed by atoms with E-state index in [1.54, 1.807) is 30.4 Å². The predicted molar refractivity (Wildman–Crippen MR) is 142 cm³/mol. The maximum atomic E-state index is 14.5. The van der Waals surface area contributed by atoms with E-state index in [-0.39, 0.29) is 17.0 Å². The molecule has 0 bridgehead atoms. The summed E-state index contributed by atoms with van der Waals surface area (Å²) in [5.74, 6) is -2.77. The van der Waals surface area contributed by atoms with Gasteiger partial charge in [-0.05, 0) is 52.3 Å². The van der Waals surface area contributed by atoms with Crippen LogP contribution in [0.3, 0.4) is 0 Å². The lowest BCUT2D eigenvalue weighted by atomic mass is 9.90. The lowest BCUT2D eigenvalue weighted by Gasteiger charge is -2.47. The number of carboxylic acids is 1. The van der Waals surface area contributed by atoms with Crippen LogP contribution in [0.5, 0.6) is 0 Å². The Morgan fingerprint density at radius 2 is 1.83 bits per heavy atom.